The van der Waals surface area contributed by atoms with Gasteiger partial charge in [-0.25, -0.2) is 14.4 Å². The lowest BCUT2D eigenvalue weighted by Gasteiger charge is -2.30. The van der Waals surface area contributed by atoms with Gasteiger partial charge in [-0.2, -0.15) is 0 Å². The van der Waals surface area contributed by atoms with Gasteiger partial charge in [-0.3, -0.25) is 4.79 Å². The van der Waals surface area contributed by atoms with E-state index in [0.717, 1.165) is 49.1 Å². The van der Waals surface area contributed by atoms with Crippen LogP contribution in [0.5, 0.6) is 5.88 Å². The molecule has 3 aromatic rings. The molecule has 10 heteroatoms. The molecule has 9 nitrogen and oxygen atoms in total. The number of carbonyl (C=O) groups excluding carboxylic acids is 1. The highest BCUT2D eigenvalue weighted by Gasteiger charge is 2.24. The fraction of sp³-hybridized carbons (Fsp3) is 0.423. The first-order valence-corrected chi connectivity index (χ1v) is 12.2. The molecule has 1 aliphatic rings. The van der Waals surface area contributed by atoms with Gasteiger partial charge in [-0.1, -0.05) is 12.8 Å². The van der Waals surface area contributed by atoms with Gasteiger partial charge in [0.05, 0.1) is 23.8 Å². The van der Waals surface area contributed by atoms with Crippen LogP contribution < -0.4 is 26.8 Å². The number of carbonyl (C=O) groups is 1. The number of nitrogens with zero attached hydrogens (tertiary/aromatic N) is 2. The van der Waals surface area contributed by atoms with Crippen molar-refractivity contribution in [3.8, 4) is 5.88 Å². The van der Waals surface area contributed by atoms with Gasteiger partial charge in [0, 0.05) is 42.8 Å². The maximum absolute atomic E-state index is 14.8. The summed E-state index contributed by atoms with van der Waals surface area (Å²) in [6.45, 7) is 2.48. The molecule has 192 valence electrons. The van der Waals surface area contributed by atoms with Crippen molar-refractivity contribution < 1.29 is 18.7 Å². The SMILES string of the molecule is COC(C)CCOc1ccc2cc(Nc3nc(N[C@@H]4CCCC[C@@H]4N)c(F)cc3C(N)=O)ccc2n1. The number of aromatic nitrogens is 2. The number of benzene rings is 1. The van der Waals surface area contributed by atoms with Gasteiger partial charge < -0.3 is 31.6 Å². The van der Waals surface area contributed by atoms with Crippen molar-refractivity contribution >= 4 is 34.1 Å². The first-order chi connectivity index (χ1) is 17.3. The zero-order chi connectivity index (χ0) is 25.7. The number of fused-ring (bicyclic) bond motifs is 1. The van der Waals surface area contributed by atoms with Gasteiger partial charge in [-0.05, 0) is 50.1 Å². The van der Waals surface area contributed by atoms with E-state index in [-0.39, 0.29) is 35.4 Å². The largest absolute Gasteiger partial charge is 0.478 e. The summed E-state index contributed by atoms with van der Waals surface area (Å²) in [5.41, 5.74) is 13.1. The van der Waals surface area contributed by atoms with E-state index in [4.69, 9.17) is 20.9 Å². The topological polar surface area (TPSA) is 137 Å². The number of hydrogen-bond donors (Lipinski definition) is 4. The van der Waals surface area contributed by atoms with E-state index in [9.17, 15) is 9.18 Å². The van der Waals surface area contributed by atoms with Gasteiger partial charge >= 0.3 is 0 Å². The Morgan fingerprint density at radius 1 is 1.17 bits per heavy atom. The summed E-state index contributed by atoms with van der Waals surface area (Å²) >= 11 is 0. The van der Waals surface area contributed by atoms with Crippen molar-refractivity contribution in [3.05, 3.63) is 47.8 Å². The first kappa shape index (κ1) is 25.6. The van der Waals surface area contributed by atoms with E-state index in [0.29, 0.717) is 18.2 Å². The predicted octanol–water partition coefficient (Wildman–Crippen LogP) is 4.10. The van der Waals surface area contributed by atoms with Gasteiger partial charge in [0.2, 0.25) is 5.88 Å². The van der Waals surface area contributed by atoms with Crippen molar-refractivity contribution in [2.75, 3.05) is 24.4 Å². The third-order valence-corrected chi connectivity index (χ3v) is 6.49. The second-order valence-electron chi connectivity index (χ2n) is 9.14. The smallest absolute Gasteiger partial charge is 0.252 e. The van der Waals surface area contributed by atoms with Crippen LogP contribution in [0.25, 0.3) is 10.9 Å². The number of anilines is 3. The van der Waals surface area contributed by atoms with Crippen molar-refractivity contribution in [3.63, 3.8) is 0 Å². The fourth-order valence-corrected chi connectivity index (χ4v) is 4.24. The maximum Gasteiger partial charge on any atom is 0.252 e. The number of primary amides is 1. The molecule has 1 aliphatic carbocycles. The molecule has 1 unspecified atom stereocenters. The minimum absolute atomic E-state index is 0.0388. The normalized spacial score (nSPS) is 18.6. The van der Waals surface area contributed by atoms with E-state index in [1.165, 1.54) is 0 Å². The minimum Gasteiger partial charge on any atom is -0.478 e. The molecule has 0 bridgehead atoms. The first-order valence-electron chi connectivity index (χ1n) is 12.2. The Morgan fingerprint density at radius 3 is 2.72 bits per heavy atom. The molecule has 4 rings (SSSR count). The number of amides is 1. The standard InChI is InChI=1S/C26H33FN6O3/c1-15(35-2)11-12-36-23-10-7-16-13-17(8-9-21(16)31-23)30-25-18(24(29)34)14-19(27)26(33-25)32-22-6-4-3-5-20(22)28/h7-10,13-15,20,22H,3-6,11-12,28H2,1-2H3,(H2,29,34)(H2,30,32,33)/t15?,20-,22+/m0/s1. The van der Waals surface area contributed by atoms with Crippen LogP contribution in [0.4, 0.5) is 21.7 Å². The third kappa shape index (κ3) is 6.19. The predicted molar refractivity (Wildman–Crippen MR) is 138 cm³/mol. The van der Waals surface area contributed by atoms with Gasteiger partial charge in [0.25, 0.3) is 5.91 Å². The van der Waals surface area contributed by atoms with Crippen LogP contribution in [-0.4, -0.2) is 47.8 Å². The van der Waals surface area contributed by atoms with E-state index in [1.807, 2.05) is 25.1 Å². The molecule has 1 amide bonds. The van der Waals surface area contributed by atoms with Crippen LogP contribution in [-0.2, 0) is 4.74 Å². The molecule has 2 aromatic heterocycles. The number of halogens is 1. The molecule has 0 spiro atoms. The quantitative estimate of drug-likeness (QED) is 0.329. The number of methoxy groups -OCH3 is 1. The number of hydrogen-bond acceptors (Lipinski definition) is 8. The molecule has 0 saturated heterocycles. The van der Waals surface area contributed by atoms with Crippen LogP contribution >= 0.6 is 0 Å². The lowest BCUT2D eigenvalue weighted by molar-refractivity contribution is 0.0948. The van der Waals surface area contributed by atoms with Crippen molar-refractivity contribution in [2.45, 2.75) is 57.2 Å². The second kappa shape index (κ2) is 11.5. The van der Waals surface area contributed by atoms with Crippen LogP contribution in [0.3, 0.4) is 0 Å². The van der Waals surface area contributed by atoms with Crippen LogP contribution in [0, 0.1) is 5.82 Å². The summed E-state index contributed by atoms with van der Waals surface area (Å²) in [6.07, 6.45) is 4.64. The number of nitrogens with two attached hydrogens (primary N) is 2. The lowest BCUT2D eigenvalue weighted by atomic mass is 9.91. The molecular weight excluding hydrogens is 463 g/mol. The molecule has 0 aliphatic heterocycles. The Bertz CT molecular complexity index is 1220. The summed E-state index contributed by atoms with van der Waals surface area (Å²) < 4.78 is 25.7. The number of nitrogens with one attached hydrogen (secondary N) is 2. The van der Waals surface area contributed by atoms with Crippen molar-refractivity contribution in [1.82, 2.24) is 9.97 Å². The fourth-order valence-electron chi connectivity index (χ4n) is 4.24. The number of pyridine rings is 2. The molecule has 36 heavy (non-hydrogen) atoms. The highest BCUT2D eigenvalue weighted by atomic mass is 19.1. The summed E-state index contributed by atoms with van der Waals surface area (Å²) in [5.74, 6) is -0.703. The van der Waals surface area contributed by atoms with Crippen molar-refractivity contribution in [2.24, 2.45) is 11.5 Å². The summed E-state index contributed by atoms with van der Waals surface area (Å²) in [6, 6.07) is 10.1. The highest BCUT2D eigenvalue weighted by molar-refractivity contribution is 5.99. The Hall–Kier alpha value is -3.50. The Balaban J connectivity index is 1.54. The average molecular weight is 497 g/mol. The molecule has 3 atom stereocenters. The van der Waals surface area contributed by atoms with Crippen molar-refractivity contribution in [1.29, 1.82) is 0 Å². The van der Waals surface area contributed by atoms with Crippen LogP contribution in [0.15, 0.2) is 36.4 Å². The number of rotatable bonds is 10. The molecule has 1 fully saturated rings. The number of ether oxygens (including phenoxy) is 2. The zero-order valence-corrected chi connectivity index (χ0v) is 20.6. The average Bonchev–Trinajstić information content (AvgIpc) is 2.86. The molecule has 1 aromatic carbocycles. The zero-order valence-electron chi connectivity index (χ0n) is 20.6. The summed E-state index contributed by atoms with van der Waals surface area (Å²) in [4.78, 5) is 20.9. The van der Waals surface area contributed by atoms with E-state index >= 15 is 0 Å². The second-order valence-corrected chi connectivity index (χ2v) is 9.14. The maximum atomic E-state index is 14.8. The lowest BCUT2D eigenvalue weighted by Crippen LogP contribution is -2.43. The molecular formula is C26H33FN6O3. The third-order valence-electron chi connectivity index (χ3n) is 6.49. The molecule has 0 radical (unpaired) electrons. The van der Waals surface area contributed by atoms with Gasteiger partial charge in [0.15, 0.2) is 11.6 Å². The van der Waals surface area contributed by atoms with Crippen LogP contribution in [0.2, 0.25) is 0 Å². The van der Waals surface area contributed by atoms with Gasteiger partial charge in [-0.15, -0.1) is 0 Å². The van der Waals surface area contributed by atoms with E-state index in [1.54, 1.807) is 19.2 Å². The Morgan fingerprint density at radius 2 is 1.97 bits per heavy atom. The van der Waals surface area contributed by atoms with Crippen LogP contribution in [0.1, 0.15) is 49.4 Å². The Kier molecular flexibility index (Phi) is 8.17. The minimum atomic E-state index is -0.781. The Labute approximate surface area is 209 Å². The van der Waals surface area contributed by atoms with Gasteiger partial charge in [0.1, 0.15) is 5.82 Å². The van der Waals surface area contributed by atoms with E-state index in [2.05, 4.69) is 20.6 Å². The molecule has 6 N–H and O–H groups in total. The highest BCUT2D eigenvalue weighted by Crippen LogP contribution is 2.28. The summed E-state index contributed by atoms with van der Waals surface area (Å²) in [5, 5.41) is 7.08. The molecule has 2 heterocycles. The summed E-state index contributed by atoms with van der Waals surface area (Å²) in [7, 11) is 1.67. The monoisotopic (exact) mass is 496 g/mol. The van der Waals surface area contributed by atoms with E-state index < -0.39 is 11.7 Å². The molecule has 1 saturated carbocycles.